The number of nitrogens with zero attached hydrogens (tertiary/aromatic N) is 2. The quantitative estimate of drug-likeness (QED) is 0.295. The van der Waals surface area contributed by atoms with E-state index in [1.165, 1.54) is 17.0 Å². The third kappa shape index (κ3) is 7.99. The van der Waals surface area contributed by atoms with Crippen molar-refractivity contribution in [2.24, 2.45) is 0 Å². The summed E-state index contributed by atoms with van der Waals surface area (Å²) in [5.74, 6) is -0.326. The van der Waals surface area contributed by atoms with E-state index in [-0.39, 0.29) is 23.4 Å². The van der Waals surface area contributed by atoms with Gasteiger partial charge in [-0.05, 0) is 81.3 Å². The van der Waals surface area contributed by atoms with Crippen LogP contribution in [-0.2, 0) is 26.2 Å². The van der Waals surface area contributed by atoms with Gasteiger partial charge in [-0.1, -0.05) is 48.9 Å². The Bertz CT molecular complexity index is 1380. The van der Waals surface area contributed by atoms with Gasteiger partial charge in [0, 0.05) is 17.6 Å². The minimum Gasteiger partial charge on any atom is -0.494 e. The molecule has 10 heteroatoms. The van der Waals surface area contributed by atoms with Crippen LogP contribution in [0, 0.1) is 0 Å². The number of ether oxygens (including phenoxy) is 1. The maximum atomic E-state index is 13.9. The number of hydrogen-bond donors (Lipinski definition) is 1. The lowest BCUT2D eigenvalue weighted by molar-refractivity contribution is -0.139. The Morgan fingerprint density at radius 3 is 2.23 bits per heavy atom. The molecule has 0 saturated heterocycles. The lowest BCUT2D eigenvalue weighted by atomic mass is 10.1. The van der Waals surface area contributed by atoms with Crippen LogP contribution in [0.4, 0.5) is 5.69 Å². The van der Waals surface area contributed by atoms with Gasteiger partial charge in [0.1, 0.15) is 18.3 Å². The number of rotatable bonds is 13. The van der Waals surface area contributed by atoms with Crippen LogP contribution in [0.5, 0.6) is 5.75 Å². The van der Waals surface area contributed by atoms with Crippen LogP contribution in [0.15, 0.2) is 83.8 Å². The molecule has 0 bridgehead atoms. The van der Waals surface area contributed by atoms with Crippen LogP contribution in [0.1, 0.15) is 39.7 Å². The van der Waals surface area contributed by atoms with Gasteiger partial charge in [0.15, 0.2) is 0 Å². The number of amides is 2. The number of para-hydroxylation sites is 1. The van der Waals surface area contributed by atoms with Crippen LogP contribution in [0.3, 0.4) is 0 Å². The molecule has 0 aromatic heterocycles. The fourth-order valence-corrected chi connectivity index (χ4v) is 5.63. The molecule has 214 valence electrons. The van der Waals surface area contributed by atoms with Gasteiger partial charge in [-0.25, -0.2) is 8.42 Å². The zero-order valence-electron chi connectivity index (χ0n) is 23.2. The van der Waals surface area contributed by atoms with Crippen LogP contribution in [0.25, 0.3) is 0 Å². The fraction of sp³-hybridized carbons (Fsp3) is 0.333. The van der Waals surface area contributed by atoms with Crippen molar-refractivity contribution in [2.45, 2.75) is 57.6 Å². The highest BCUT2D eigenvalue weighted by molar-refractivity contribution is 7.92. The molecule has 0 unspecified atom stereocenters. The summed E-state index contributed by atoms with van der Waals surface area (Å²) in [6, 6.07) is 20.5. The SMILES string of the molecule is CCOc1ccc(S(=O)(=O)N(CC(=O)N(Cc2cccc(Cl)c2)[C@H](C)C(=O)N[C@H](C)CC)c2ccccc2)cc1. The fourth-order valence-electron chi connectivity index (χ4n) is 4.00. The third-order valence-corrected chi connectivity index (χ3v) is 8.48. The van der Waals surface area contributed by atoms with Crippen molar-refractivity contribution in [1.29, 1.82) is 0 Å². The van der Waals surface area contributed by atoms with Gasteiger partial charge in [-0.2, -0.15) is 0 Å². The Morgan fingerprint density at radius 2 is 1.62 bits per heavy atom. The van der Waals surface area contributed by atoms with E-state index in [0.29, 0.717) is 28.6 Å². The Kier molecular flexibility index (Phi) is 11.0. The highest BCUT2D eigenvalue weighted by atomic mass is 35.5. The van der Waals surface area contributed by atoms with Crippen LogP contribution in [-0.4, -0.2) is 50.4 Å². The normalized spacial score (nSPS) is 12.7. The number of benzene rings is 3. The molecule has 0 spiro atoms. The lowest BCUT2D eigenvalue weighted by Crippen LogP contribution is -2.52. The molecule has 40 heavy (non-hydrogen) atoms. The predicted molar refractivity (Wildman–Crippen MR) is 158 cm³/mol. The molecule has 0 aliphatic carbocycles. The molecule has 0 aliphatic rings. The molecule has 0 radical (unpaired) electrons. The number of nitrogens with one attached hydrogen (secondary N) is 1. The maximum absolute atomic E-state index is 13.9. The van der Waals surface area contributed by atoms with E-state index in [0.717, 1.165) is 10.7 Å². The van der Waals surface area contributed by atoms with Gasteiger partial charge >= 0.3 is 0 Å². The molecule has 3 aromatic rings. The Hall–Kier alpha value is -3.56. The first kappa shape index (κ1) is 31.0. The number of carbonyl (C=O) groups excluding carboxylic acids is 2. The molecule has 8 nitrogen and oxygen atoms in total. The first-order valence-electron chi connectivity index (χ1n) is 13.2. The molecule has 3 rings (SSSR count). The monoisotopic (exact) mass is 585 g/mol. The molecule has 2 amide bonds. The molecule has 3 aromatic carbocycles. The topological polar surface area (TPSA) is 96.0 Å². The van der Waals surface area contributed by atoms with E-state index < -0.39 is 28.5 Å². The van der Waals surface area contributed by atoms with E-state index in [2.05, 4.69) is 5.32 Å². The number of hydrogen-bond acceptors (Lipinski definition) is 5. The van der Waals surface area contributed by atoms with Crippen molar-refractivity contribution in [3.05, 3.63) is 89.4 Å². The summed E-state index contributed by atoms with van der Waals surface area (Å²) >= 11 is 6.18. The standard InChI is InChI=1S/C30H36ClN3O5S/c1-5-22(3)32-30(36)23(4)33(20-24-11-10-12-25(31)19-24)29(35)21-34(26-13-8-7-9-14-26)40(37,38)28-17-15-27(16-18-28)39-6-2/h7-19,22-23H,5-6,20-21H2,1-4H3,(H,32,36)/t22-,23-/m1/s1. The summed E-state index contributed by atoms with van der Waals surface area (Å²) in [4.78, 5) is 28.4. The van der Waals surface area contributed by atoms with E-state index >= 15 is 0 Å². The summed E-state index contributed by atoms with van der Waals surface area (Å²) in [6.45, 7) is 7.31. The van der Waals surface area contributed by atoms with Crippen molar-refractivity contribution in [3.63, 3.8) is 0 Å². The second-order valence-electron chi connectivity index (χ2n) is 9.40. The van der Waals surface area contributed by atoms with Gasteiger partial charge in [0.2, 0.25) is 11.8 Å². The van der Waals surface area contributed by atoms with Crippen molar-refractivity contribution in [1.82, 2.24) is 10.2 Å². The summed E-state index contributed by atoms with van der Waals surface area (Å²) in [5.41, 5.74) is 1.04. The van der Waals surface area contributed by atoms with E-state index in [1.54, 1.807) is 73.7 Å². The molecule has 2 atom stereocenters. The average Bonchev–Trinajstić information content (AvgIpc) is 2.95. The number of anilines is 1. The molecular formula is C30H36ClN3O5S. The highest BCUT2D eigenvalue weighted by Crippen LogP contribution is 2.26. The molecule has 0 heterocycles. The second kappa shape index (κ2) is 14.2. The van der Waals surface area contributed by atoms with E-state index in [4.69, 9.17) is 16.3 Å². The van der Waals surface area contributed by atoms with Gasteiger partial charge in [-0.15, -0.1) is 0 Å². The minimum absolute atomic E-state index is 0.0107. The van der Waals surface area contributed by atoms with Crippen LogP contribution < -0.4 is 14.4 Å². The zero-order chi connectivity index (χ0) is 29.3. The Labute approximate surface area is 241 Å². The molecule has 0 fully saturated rings. The van der Waals surface area contributed by atoms with Crippen molar-refractivity contribution >= 4 is 39.1 Å². The number of sulfonamides is 1. The van der Waals surface area contributed by atoms with E-state index in [1.807, 2.05) is 20.8 Å². The molecule has 1 N–H and O–H groups in total. The third-order valence-electron chi connectivity index (χ3n) is 6.46. The average molecular weight is 586 g/mol. The highest BCUT2D eigenvalue weighted by Gasteiger charge is 2.32. The minimum atomic E-state index is -4.15. The van der Waals surface area contributed by atoms with Gasteiger partial charge in [0.25, 0.3) is 10.0 Å². The molecular weight excluding hydrogens is 550 g/mol. The molecule has 0 aliphatic heterocycles. The summed E-state index contributed by atoms with van der Waals surface area (Å²) in [6.07, 6.45) is 0.725. The van der Waals surface area contributed by atoms with Gasteiger partial charge in [-0.3, -0.25) is 13.9 Å². The first-order chi connectivity index (χ1) is 19.1. The number of carbonyl (C=O) groups is 2. The molecule has 0 saturated carbocycles. The zero-order valence-corrected chi connectivity index (χ0v) is 24.8. The van der Waals surface area contributed by atoms with Crippen LogP contribution >= 0.6 is 11.6 Å². The van der Waals surface area contributed by atoms with Crippen molar-refractivity contribution < 1.29 is 22.7 Å². The summed E-state index contributed by atoms with van der Waals surface area (Å²) in [7, 11) is -4.15. The Balaban J connectivity index is 1.99. The Morgan fingerprint density at radius 1 is 0.950 bits per heavy atom. The summed E-state index contributed by atoms with van der Waals surface area (Å²) in [5, 5.41) is 3.41. The lowest BCUT2D eigenvalue weighted by Gasteiger charge is -2.32. The van der Waals surface area contributed by atoms with E-state index in [9.17, 15) is 18.0 Å². The smallest absolute Gasteiger partial charge is 0.264 e. The number of halogens is 1. The summed E-state index contributed by atoms with van der Waals surface area (Å²) < 4.78 is 34.2. The van der Waals surface area contributed by atoms with Crippen molar-refractivity contribution in [3.8, 4) is 5.75 Å². The second-order valence-corrected chi connectivity index (χ2v) is 11.7. The van der Waals surface area contributed by atoms with Crippen molar-refractivity contribution in [2.75, 3.05) is 17.5 Å². The largest absolute Gasteiger partial charge is 0.494 e. The van der Waals surface area contributed by atoms with Gasteiger partial charge < -0.3 is 15.0 Å². The predicted octanol–water partition coefficient (Wildman–Crippen LogP) is 5.27. The van der Waals surface area contributed by atoms with Crippen LogP contribution in [0.2, 0.25) is 5.02 Å². The van der Waals surface area contributed by atoms with Gasteiger partial charge in [0.05, 0.1) is 17.2 Å². The first-order valence-corrected chi connectivity index (χ1v) is 15.0. The maximum Gasteiger partial charge on any atom is 0.264 e.